The minimum atomic E-state index is -0.514. The van der Waals surface area contributed by atoms with E-state index in [9.17, 15) is 9.59 Å². The van der Waals surface area contributed by atoms with Gasteiger partial charge in [-0.1, -0.05) is 35.4 Å². The summed E-state index contributed by atoms with van der Waals surface area (Å²) < 4.78 is 0. The number of carbonyl (C=O) groups is 2. The predicted octanol–water partition coefficient (Wildman–Crippen LogP) is 3.83. The SMILES string of the molecule is Cc1cccc(C(=O)N2CCN(c3cccc(Cl)c3C)C(=O)[C@H]2C)c1. The number of carbonyl (C=O) groups excluding carboxylic acids is 2. The van der Waals surface area contributed by atoms with Crippen LogP contribution in [0.2, 0.25) is 5.02 Å². The molecule has 2 aromatic carbocycles. The van der Waals surface area contributed by atoms with E-state index in [0.29, 0.717) is 23.7 Å². The highest BCUT2D eigenvalue weighted by Gasteiger charge is 2.35. The number of aryl methyl sites for hydroxylation is 1. The molecule has 0 bridgehead atoms. The largest absolute Gasteiger partial charge is 0.325 e. The monoisotopic (exact) mass is 356 g/mol. The van der Waals surface area contributed by atoms with Crippen molar-refractivity contribution in [3.63, 3.8) is 0 Å². The van der Waals surface area contributed by atoms with Crippen LogP contribution in [0.25, 0.3) is 0 Å². The summed E-state index contributed by atoms with van der Waals surface area (Å²) in [7, 11) is 0. The second-order valence-electron chi connectivity index (χ2n) is 6.42. The summed E-state index contributed by atoms with van der Waals surface area (Å²) in [5.74, 6) is -0.190. The quantitative estimate of drug-likeness (QED) is 0.820. The first-order valence-electron chi connectivity index (χ1n) is 8.34. The van der Waals surface area contributed by atoms with E-state index in [-0.39, 0.29) is 11.8 Å². The van der Waals surface area contributed by atoms with Crippen LogP contribution in [0.15, 0.2) is 42.5 Å². The average Bonchev–Trinajstić information content (AvgIpc) is 2.59. The third kappa shape index (κ3) is 3.27. The van der Waals surface area contributed by atoms with Crippen LogP contribution < -0.4 is 4.90 Å². The molecule has 1 heterocycles. The lowest BCUT2D eigenvalue weighted by Gasteiger charge is -2.39. The van der Waals surface area contributed by atoms with Crippen LogP contribution in [0.1, 0.15) is 28.4 Å². The predicted molar refractivity (Wildman–Crippen MR) is 100 cm³/mol. The van der Waals surface area contributed by atoms with Crippen molar-refractivity contribution in [1.82, 2.24) is 4.90 Å². The molecule has 0 unspecified atom stereocenters. The van der Waals surface area contributed by atoms with Gasteiger partial charge in [0.1, 0.15) is 6.04 Å². The fraction of sp³-hybridized carbons (Fsp3) is 0.300. The lowest BCUT2D eigenvalue weighted by molar-refractivity contribution is -0.124. The first-order chi connectivity index (χ1) is 11.9. The molecule has 1 atom stereocenters. The zero-order valence-electron chi connectivity index (χ0n) is 14.6. The van der Waals surface area contributed by atoms with E-state index in [4.69, 9.17) is 11.6 Å². The smallest absolute Gasteiger partial charge is 0.254 e. The minimum Gasteiger partial charge on any atom is -0.325 e. The molecule has 0 saturated carbocycles. The molecule has 1 saturated heterocycles. The number of hydrogen-bond acceptors (Lipinski definition) is 2. The van der Waals surface area contributed by atoms with E-state index < -0.39 is 6.04 Å². The van der Waals surface area contributed by atoms with E-state index in [0.717, 1.165) is 16.8 Å². The summed E-state index contributed by atoms with van der Waals surface area (Å²) >= 11 is 6.19. The van der Waals surface area contributed by atoms with Gasteiger partial charge < -0.3 is 9.80 Å². The lowest BCUT2D eigenvalue weighted by atomic mass is 10.1. The van der Waals surface area contributed by atoms with E-state index in [1.807, 2.05) is 50.2 Å². The second-order valence-corrected chi connectivity index (χ2v) is 6.83. The van der Waals surface area contributed by atoms with Crippen LogP contribution in [-0.4, -0.2) is 35.8 Å². The van der Waals surface area contributed by atoms with E-state index in [1.165, 1.54) is 0 Å². The zero-order valence-corrected chi connectivity index (χ0v) is 15.4. The van der Waals surface area contributed by atoms with Crippen molar-refractivity contribution in [3.05, 3.63) is 64.2 Å². The van der Waals surface area contributed by atoms with Gasteiger partial charge in [-0.2, -0.15) is 0 Å². The van der Waals surface area contributed by atoms with Crippen molar-refractivity contribution in [2.45, 2.75) is 26.8 Å². The Balaban J connectivity index is 1.84. The number of piperazine rings is 1. The van der Waals surface area contributed by atoms with Crippen molar-refractivity contribution in [2.75, 3.05) is 18.0 Å². The molecular formula is C20H21ClN2O2. The molecule has 130 valence electrons. The number of nitrogens with zero attached hydrogens (tertiary/aromatic N) is 2. The molecule has 25 heavy (non-hydrogen) atoms. The van der Waals surface area contributed by atoms with Crippen molar-refractivity contribution in [1.29, 1.82) is 0 Å². The van der Waals surface area contributed by atoms with E-state index in [2.05, 4.69) is 0 Å². The number of benzene rings is 2. The molecule has 0 radical (unpaired) electrons. The summed E-state index contributed by atoms with van der Waals surface area (Å²) in [6.07, 6.45) is 0. The standard InChI is InChI=1S/C20H21ClN2O2/c1-13-6-4-7-16(12-13)20(25)22-10-11-23(19(24)15(22)3)18-9-5-8-17(21)14(18)2/h4-9,12,15H,10-11H2,1-3H3/t15-/m1/s1. The Morgan fingerprint density at radius 2 is 1.84 bits per heavy atom. The Morgan fingerprint density at radius 1 is 1.12 bits per heavy atom. The molecule has 2 amide bonds. The molecule has 0 N–H and O–H groups in total. The summed E-state index contributed by atoms with van der Waals surface area (Å²) in [5.41, 5.74) is 3.33. The number of hydrogen-bond donors (Lipinski definition) is 0. The van der Waals surface area contributed by atoms with Crippen LogP contribution in [0.5, 0.6) is 0 Å². The van der Waals surface area contributed by atoms with Gasteiger partial charge in [0.25, 0.3) is 5.91 Å². The van der Waals surface area contributed by atoms with Gasteiger partial charge in [0, 0.05) is 29.4 Å². The zero-order chi connectivity index (χ0) is 18.1. The number of rotatable bonds is 2. The van der Waals surface area contributed by atoms with Gasteiger partial charge in [-0.3, -0.25) is 9.59 Å². The maximum Gasteiger partial charge on any atom is 0.254 e. The summed E-state index contributed by atoms with van der Waals surface area (Å²) in [5, 5.41) is 0.635. The van der Waals surface area contributed by atoms with Crippen LogP contribution in [-0.2, 0) is 4.79 Å². The van der Waals surface area contributed by atoms with Gasteiger partial charge in [-0.15, -0.1) is 0 Å². The van der Waals surface area contributed by atoms with Crippen LogP contribution in [0, 0.1) is 13.8 Å². The molecule has 1 aliphatic heterocycles. The molecule has 0 aliphatic carbocycles. The Labute approximate surface area is 153 Å². The van der Waals surface area contributed by atoms with Gasteiger partial charge in [0.05, 0.1) is 0 Å². The Hall–Kier alpha value is -2.33. The van der Waals surface area contributed by atoms with Crippen LogP contribution in [0.4, 0.5) is 5.69 Å². The fourth-order valence-corrected chi connectivity index (χ4v) is 3.39. The van der Waals surface area contributed by atoms with Gasteiger partial charge in [0.2, 0.25) is 5.91 Å². The molecule has 0 aromatic heterocycles. The molecule has 1 aliphatic rings. The molecule has 5 heteroatoms. The molecule has 2 aromatic rings. The lowest BCUT2D eigenvalue weighted by Crippen LogP contribution is -2.58. The average molecular weight is 357 g/mol. The summed E-state index contributed by atoms with van der Waals surface area (Å²) in [6, 6.07) is 12.5. The third-order valence-electron chi connectivity index (χ3n) is 4.71. The highest BCUT2D eigenvalue weighted by atomic mass is 35.5. The third-order valence-corrected chi connectivity index (χ3v) is 5.12. The summed E-state index contributed by atoms with van der Waals surface area (Å²) in [6.45, 7) is 6.58. The van der Waals surface area contributed by atoms with Crippen molar-refractivity contribution < 1.29 is 9.59 Å². The summed E-state index contributed by atoms with van der Waals surface area (Å²) in [4.78, 5) is 29.1. The van der Waals surface area contributed by atoms with Crippen molar-refractivity contribution in [3.8, 4) is 0 Å². The molecule has 3 rings (SSSR count). The first-order valence-corrected chi connectivity index (χ1v) is 8.72. The highest BCUT2D eigenvalue weighted by Crippen LogP contribution is 2.29. The van der Waals surface area contributed by atoms with Crippen molar-refractivity contribution in [2.24, 2.45) is 0 Å². The Morgan fingerprint density at radius 3 is 2.56 bits per heavy atom. The Kier molecular flexibility index (Phi) is 4.82. The van der Waals surface area contributed by atoms with Gasteiger partial charge in [-0.05, 0) is 50.6 Å². The number of anilines is 1. The number of amides is 2. The first kappa shape index (κ1) is 17.5. The maximum atomic E-state index is 12.9. The highest BCUT2D eigenvalue weighted by molar-refractivity contribution is 6.31. The van der Waals surface area contributed by atoms with Crippen LogP contribution >= 0.6 is 11.6 Å². The minimum absolute atomic E-state index is 0.0855. The normalized spacial score (nSPS) is 17.8. The molecular weight excluding hydrogens is 336 g/mol. The van der Waals surface area contributed by atoms with E-state index >= 15 is 0 Å². The number of halogens is 1. The van der Waals surface area contributed by atoms with Crippen molar-refractivity contribution >= 4 is 29.1 Å². The second kappa shape index (κ2) is 6.89. The maximum absolute atomic E-state index is 12.9. The fourth-order valence-electron chi connectivity index (χ4n) is 3.22. The molecule has 4 nitrogen and oxygen atoms in total. The van der Waals surface area contributed by atoms with Crippen LogP contribution in [0.3, 0.4) is 0 Å². The van der Waals surface area contributed by atoms with Gasteiger partial charge in [-0.25, -0.2) is 0 Å². The van der Waals surface area contributed by atoms with E-state index in [1.54, 1.807) is 22.8 Å². The Bertz CT molecular complexity index is 834. The van der Waals surface area contributed by atoms with Gasteiger partial charge in [0.15, 0.2) is 0 Å². The molecule has 1 fully saturated rings. The molecule has 0 spiro atoms. The van der Waals surface area contributed by atoms with Gasteiger partial charge >= 0.3 is 0 Å². The topological polar surface area (TPSA) is 40.6 Å².